The first-order valence-corrected chi connectivity index (χ1v) is 5.48. The van der Waals surface area contributed by atoms with Crippen molar-refractivity contribution in [3.05, 3.63) is 0 Å². The number of carbonyl (C=O) groups is 1. The van der Waals surface area contributed by atoms with Gasteiger partial charge >= 0.3 is 0 Å². The van der Waals surface area contributed by atoms with Gasteiger partial charge in [0, 0.05) is 6.26 Å². The Morgan fingerprint density at radius 1 is 1.50 bits per heavy atom. The molecule has 0 atom stereocenters. The van der Waals surface area contributed by atoms with E-state index in [0.717, 1.165) is 17.6 Å². The molecule has 1 amide bonds. The maximum atomic E-state index is 10.8. The molecule has 0 fully saturated rings. The molecule has 1 heterocycles. The Morgan fingerprint density at radius 3 is 2.58 bits per heavy atom. The summed E-state index contributed by atoms with van der Waals surface area (Å²) in [7, 11) is -3.31. The molecule has 0 aromatic carbocycles. The first-order chi connectivity index (χ1) is 5.54. The third kappa shape index (κ3) is 1.98. The van der Waals surface area contributed by atoms with Crippen LogP contribution in [0.4, 0.5) is 5.13 Å². The molecule has 0 radical (unpaired) electrons. The van der Waals surface area contributed by atoms with Crippen molar-refractivity contribution in [2.24, 2.45) is 0 Å². The molecule has 66 valence electrons. The molecule has 0 aliphatic carbocycles. The first-order valence-electron chi connectivity index (χ1n) is 2.78. The van der Waals surface area contributed by atoms with E-state index in [9.17, 15) is 13.2 Å². The maximum absolute atomic E-state index is 10.8. The Hall–Kier alpha value is -1.02. The molecule has 12 heavy (non-hydrogen) atoms. The average Bonchev–Trinajstić information content (AvgIpc) is 2.35. The zero-order valence-corrected chi connectivity index (χ0v) is 7.65. The molecule has 0 aliphatic rings. The lowest BCUT2D eigenvalue weighted by molar-refractivity contribution is -0.105. The molecule has 0 unspecified atom stereocenters. The van der Waals surface area contributed by atoms with Gasteiger partial charge < -0.3 is 5.32 Å². The molecule has 1 N–H and O–H groups in total. The van der Waals surface area contributed by atoms with E-state index in [4.69, 9.17) is 0 Å². The third-order valence-electron chi connectivity index (χ3n) is 0.906. The predicted octanol–water partition coefficient (Wildman–Crippen LogP) is -0.490. The highest BCUT2D eigenvalue weighted by Gasteiger charge is 2.13. The summed E-state index contributed by atoms with van der Waals surface area (Å²) in [5.41, 5.74) is 0. The highest BCUT2D eigenvalue weighted by Crippen LogP contribution is 2.18. The number of nitrogens with zero attached hydrogens (tertiary/aromatic N) is 2. The van der Waals surface area contributed by atoms with E-state index < -0.39 is 9.84 Å². The standard InChI is InChI=1S/C4H5N3O3S2/c1-12(9,10)4-7-6-3(11-4)5-2-8/h2H,1H3,(H,5,6,8). The zero-order valence-electron chi connectivity index (χ0n) is 6.01. The van der Waals surface area contributed by atoms with Crippen LogP contribution in [0.25, 0.3) is 0 Å². The monoisotopic (exact) mass is 207 g/mol. The number of rotatable bonds is 3. The topological polar surface area (TPSA) is 89.0 Å². The number of carbonyl (C=O) groups excluding carboxylic acids is 1. The number of amides is 1. The van der Waals surface area contributed by atoms with Gasteiger partial charge in [-0.2, -0.15) is 0 Å². The second kappa shape index (κ2) is 3.15. The summed E-state index contributed by atoms with van der Waals surface area (Å²) in [6, 6.07) is 0. The quantitative estimate of drug-likeness (QED) is 0.533. The van der Waals surface area contributed by atoms with Crippen molar-refractivity contribution in [2.75, 3.05) is 11.6 Å². The minimum atomic E-state index is -3.31. The third-order valence-corrected chi connectivity index (χ3v) is 3.43. The summed E-state index contributed by atoms with van der Waals surface area (Å²) in [5.74, 6) is 0. The van der Waals surface area contributed by atoms with E-state index in [1.807, 2.05) is 0 Å². The Bertz CT molecular complexity index is 382. The van der Waals surface area contributed by atoms with Crippen molar-refractivity contribution in [3.63, 3.8) is 0 Å². The maximum Gasteiger partial charge on any atom is 0.234 e. The fourth-order valence-corrected chi connectivity index (χ4v) is 1.94. The number of aromatic nitrogens is 2. The van der Waals surface area contributed by atoms with E-state index in [1.54, 1.807) is 0 Å². The van der Waals surface area contributed by atoms with Gasteiger partial charge in [0.1, 0.15) is 0 Å². The van der Waals surface area contributed by atoms with Crippen LogP contribution in [0.15, 0.2) is 4.34 Å². The van der Waals surface area contributed by atoms with Crippen LogP contribution in [0.3, 0.4) is 0 Å². The fourth-order valence-electron chi connectivity index (χ4n) is 0.468. The van der Waals surface area contributed by atoms with Gasteiger partial charge in [-0.25, -0.2) is 8.42 Å². The van der Waals surface area contributed by atoms with Gasteiger partial charge in [0.15, 0.2) is 0 Å². The van der Waals surface area contributed by atoms with Crippen LogP contribution >= 0.6 is 11.3 Å². The molecule has 1 aromatic rings. The molecule has 0 aliphatic heterocycles. The lowest BCUT2D eigenvalue weighted by atomic mass is 11.1. The highest BCUT2D eigenvalue weighted by atomic mass is 32.2. The second-order valence-electron chi connectivity index (χ2n) is 1.91. The van der Waals surface area contributed by atoms with E-state index in [-0.39, 0.29) is 9.47 Å². The van der Waals surface area contributed by atoms with Gasteiger partial charge in [-0.05, 0) is 0 Å². The van der Waals surface area contributed by atoms with Crippen LogP contribution in [0.5, 0.6) is 0 Å². The molecule has 0 saturated carbocycles. The van der Waals surface area contributed by atoms with Crippen molar-refractivity contribution >= 4 is 32.7 Å². The van der Waals surface area contributed by atoms with Gasteiger partial charge in [-0.15, -0.1) is 10.2 Å². The van der Waals surface area contributed by atoms with E-state index in [1.165, 1.54) is 0 Å². The number of anilines is 1. The largest absolute Gasteiger partial charge is 0.303 e. The summed E-state index contributed by atoms with van der Waals surface area (Å²) in [6.07, 6.45) is 1.44. The summed E-state index contributed by atoms with van der Waals surface area (Å²) in [6.45, 7) is 0. The van der Waals surface area contributed by atoms with Crippen molar-refractivity contribution < 1.29 is 13.2 Å². The molecular weight excluding hydrogens is 202 g/mol. The minimum Gasteiger partial charge on any atom is -0.303 e. The Morgan fingerprint density at radius 2 is 2.17 bits per heavy atom. The highest BCUT2D eigenvalue weighted by molar-refractivity contribution is 7.92. The number of sulfone groups is 1. The number of nitrogens with one attached hydrogen (secondary N) is 1. The minimum absolute atomic E-state index is 0.105. The van der Waals surface area contributed by atoms with Crippen LogP contribution in [0.1, 0.15) is 0 Å². The summed E-state index contributed by atoms with van der Waals surface area (Å²) in [4.78, 5) is 9.91. The van der Waals surface area contributed by atoms with Gasteiger partial charge in [0.05, 0.1) is 0 Å². The van der Waals surface area contributed by atoms with Crippen molar-refractivity contribution in [1.82, 2.24) is 10.2 Å². The second-order valence-corrected chi connectivity index (χ2v) is 5.07. The number of hydrogen-bond donors (Lipinski definition) is 1. The Labute approximate surface area is 72.5 Å². The van der Waals surface area contributed by atoms with Crippen LogP contribution in [0.2, 0.25) is 0 Å². The normalized spacial score (nSPS) is 11.1. The Balaban J connectivity index is 2.99. The van der Waals surface area contributed by atoms with Gasteiger partial charge in [-0.3, -0.25) is 4.79 Å². The van der Waals surface area contributed by atoms with Crippen molar-refractivity contribution in [3.8, 4) is 0 Å². The zero-order chi connectivity index (χ0) is 9.19. The molecule has 1 aromatic heterocycles. The molecular formula is C4H5N3O3S2. The number of hydrogen-bond acceptors (Lipinski definition) is 6. The molecule has 6 nitrogen and oxygen atoms in total. The van der Waals surface area contributed by atoms with Crippen LogP contribution in [0, 0.1) is 0 Å². The van der Waals surface area contributed by atoms with E-state index in [2.05, 4.69) is 15.5 Å². The van der Waals surface area contributed by atoms with Gasteiger partial charge in [0.25, 0.3) is 0 Å². The van der Waals surface area contributed by atoms with Crippen LogP contribution < -0.4 is 5.32 Å². The molecule has 0 saturated heterocycles. The van der Waals surface area contributed by atoms with Crippen LogP contribution in [-0.2, 0) is 14.6 Å². The van der Waals surface area contributed by atoms with Crippen LogP contribution in [-0.4, -0.2) is 31.3 Å². The average molecular weight is 207 g/mol. The predicted molar refractivity (Wildman–Crippen MR) is 42.7 cm³/mol. The Kier molecular flexibility index (Phi) is 2.38. The molecule has 8 heteroatoms. The van der Waals surface area contributed by atoms with Gasteiger partial charge in [-0.1, -0.05) is 11.3 Å². The lowest BCUT2D eigenvalue weighted by Crippen LogP contribution is -1.95. The summed E-state index contributed by atoms with van der Waals surface area (Å²) >= 11 is 0.812. The fraction of sp³-hybridized carbons (Fsp3) is 0.250. The van der Waals surface area contributed by atoms with E-state index >= 15 is 0 Å². The molecule has 1 rings (SSSR count). The first kappa shape index (κ1) is 9.07. The molecule has 0 spiro atoms. The van der Waals surface area contributed by atoms with Crippen molar-refractivity contribution in [2.45, 2.75) is 4.34 Å². The van der Waals surface area contributed by atoms with E-state index in [0.29, 0.717) is 6.41 Å². The smallest absolute Gasteiger partial charge is 0.234 e. The SMILES string of the molecule is CS(=O)(=O)c1nnc(NC=O)s1. The summed E-state index contributed by atoms with van der Waals surface area (Å²) < 4.78 is 21.6. The molecule has 0 bridgehead atoms. The lowest BCUT2D eigenvalue weighted by Gasteiger charge is -1.85. The summed E-state index contributed by atoms with van der Waals surface area (Å²) in [5, 5.41) is 9.16. The van der Waals surface area contributed by atoms with Gasteiger partial charge in [0.2, 0.25) is 25.7 Å². The van der Waals surface area contributed by atoms with Crippen molar-refractivity contribution in [1.29, 1.82) is 0 Å².